The van der Waals surface area contributed by atoms with Crippen LogP contribution in [-0.2, 0) is 9.59 Å². The first kappa shape index (κ1) is 21.8. The molecule has 1 N–H and O–H groups in total. The quantitative estimate of drug-likeness (QED) is 0.509. The first-order valence-corrected chi connectivity index (χ1v) is 9.62. The fraction of sp³-hybridized carbons (Fsp3) is 0.476. The molecule has 1 saturated heterocycles. The number of piperazine rings is 1. The summed E-state index contributed by atoms with van der Waals surface area (Å²) in [5.41, 5.74) is 3.40. The molecule has 2 aliphatic rings. The van der Waals surface area contributed by atoms with Gasteiger partial charge in [-0.05, 0) is 31.5 Å². The van der Waals surface area contributed by atoms with Crippen LogP contribution >= 0.6 is 0 Å². The lowest BCUT2D eigenvalue weighted by atomic mass is 10.1. The molecular formula is C21H32N5O2+. The molecule has 1 atom stereocenters. The Labute approximate surface area is 167 Å². The topological polar surface area (TPSA) is 65.0 Å². The summed E-state index contributed by atoms with van der Waals surface area (Å²) in [6, 6.07) is 0. The highest BCUT2D eigenvalue weighted by atomic mass is 16.2. The number of hydrogen-bond donors (Lipinski definition) is 1. The van der Waals surface area contributed by atoms with Gasteiger partial charge < -0.3 is 9.80 Å². The van der Waals surface area contributed by atoms with Gasteiger partial charge in [-0.25, -0.2) is 4.79 Å². The highest BCUT2D eigenvalue weighted by molar-refractivity contribution is 5.98. The smallest absolute Gasteiger partial charge is 0.359 e. The van der Waals surface area contributed by atoms with Crippen LogP contribution < -0.4 is 5.32 Å². The molecule has 0 aromatic carbocycles. The minimum absolute atomic E-state index is 0.0269. The van der Waals surface area contributed by atoms with Crippen molar-refractivity contribution in [3.05, 3.63) is 47.7 Å². The molecule has 0 aromatic rings. The summed E-state index contributed by atoms with van der Waals surface area (Å²) in [6.45, 7) is 16.6. The van der Waals surface area contributed by atoms with E-state index in [-0.39, 0.29) is 23.0 Å². The van der Waals surface area contributed by atoms with E-state index in [0.29, 0.717) is 31.9 Å². The Bertz CT molecular complexity index is 765. The van der Waals surface area contributed by atoms with E-state index in [9.17, 15) is 9.59 Å². The monoisotopic (exact) mass is 386 g/mol. The van der Waals surface area contributed by atoms with Gasteiger partial charge in [0.2, 0.25) is 5.91 Å². The average molecular weight is 387 g/mol. The second-order valence-electron chi connectivity index (χ2n) is 7.31. The third-order valence-electron chi connectivity index (χ3n) is 5.33. The Morgan fingerprint density at radius 2 is 2.04 bits per heavy atom. The number of quaternary nitrogens is 1. The van der Waals surface area contributed by atoms with E-state index in [0.717, 1.165) is 23.4 Å². The molecule has 0 aliphatic carbocycles. The van der Waals surface area contributed by atoms with Crippen LogP contribution in [-0.4, -0.2) is 78.9 Å². The zero-order valence-corrected chi connectivity index (χ0v) is 17.5. The van der Waals surface area contributed by atoms with E-state index in [1.807, 2.05) is 30.6 Å². The summed E-state index contributed by atoms with van der Waals surface area (Å²) in [6.07, 6.45) is 5.28. The maximum atomic E-state index is 12.9. The molecule has 2 rings (SSSR count). The van der Waals surface area contributed by atoms with Gasteiger partial charge in [-0.2, -0.15) is 0 Å². The maximum absolute atomic E-state index is 12.9. The summed E-state index contributed by atoms with van der Waals surface area (Å²) >= 11 is 0. The van der Waals surface area contributed by atoms with E-state index in [4.69, 9.17) is 0 Å². The van der Waals surface area contributed by atoms with Crippen molar-refractivity contribution in [1.82, 2.24) is 15.1 Å². The number of carbonyl (C=O) groups is 2. The fourth-order valence-electron chi connectivity index (χ4n) is 3.33. The number of amides is 2. The van der Waals surface area contributed by atoms with E-state index in [2.05, 4.69) is 23.6 Å². The molecule has 7 nitrogen and oxygen atoms in total. The number of allylic oxidation sites excluding steroid dienone is 3. The predicted octanol–water partition coefficient (Wildman–Crippen LogP) is 1.63. The van der Waals surface area contributed by atoms with Crippen molar-refractivity contribution in [3.63, 3.8) is 0 Å². The van der Waals surface area contributed by atoms with Crippen LogP contribution in [0.5, 0.6) is 0 Å². The molecule has 2 amide bonds. The summed E-state index contributed by atoms with van der Waals surface area (Å²) in [5, 5.41) is 7.65. The zero-order valence-electron chi connectivity index (χ0n) is 17.5. The van der Waals surface area contributed by atoms with E-state index < -0.39 is 0 Å². The highest BCUT2D eigenvalue weighted by Crippen LogP contribution is 2.23. The number of rotatable bonds is 8. The fourth-order valence-corrected chi connectivity index (χ4v) is 3.33. The Balaban J connectivity index is 2.11. The SMILES string of the molecule is C=C/C(C)=C(\C=C)CN1CCN(C2=C(C)C(=O)[N+](C)(CNCC)N=C2)CC1=O. The van der Waals surface area contributed by atoms with Crippen LogP contribution in [0.1, 0.15) is 20.8 Å². The van der Waals surface area contributed by atoms with Crippen LogP contribution in [0.2, 0.25) is 0 Å². The molecule has 152 valence electrons. The predicted molar refractivity (Wildman–Crippen MR) is 112 cm³/mol. The van der Waals surface area contributed by atoms with E-state index >= 15 is 0 Å². The van der Waals surface area contributed by atoms with Crippen molar-refractivity contribution < 1.29 is 14.2 Å². The van der Waals surface area contributed by atoms with Gasteiger partial charge in [0.15, 0.2) is 6.67 Å². The van der Waals surface area contributed by atoms with Crippen molar-refractivity contribution in [2.45, 2.75) is 20.8 Å². The molecule has 28 heavy (non-hydrogen) atoms. The third kappa shape index (κ3) is 4.48. The van der Waals surface area contributed by atoms with Crippen molar-refractivity contribution in [2.75, 3.05) is 46.4 Å². The number of hydrogen-bond acceptors (Lipinski definition) is 5. The minimum atomic E-state index is -0.0502. The van der Waals surface area contributed by atoms with Crippen molar-refractivity contribution in [1.29, 1.82) is 0 Å². The lowest BCUT2D eigenvalue weighted by Gasteiger charge is -2.38. The number of likely N-dealkylation sites (N-methyl/N-ethyl adjacent to an activating group) is 1. The minimum Gasteiger partial charge on any atom is -0.359 e. The number of nitrogens with zero attached hydrogens (tertiary/aromatic N) is 4. The second kappa shape index (κ2) is 9.12. The number of carbonyl (C=O) groups excluding carboxylic acids is 2. The molecule has 7 heteroatoms. The van der Waals surface area contributed by atoms with E-state index in [1.165, 1.54) is 0 Å². The zero-order chi connectivity index (χ0) is 20.9. The molecular weight excluding hydrogens is 354 g/mol. The molecule has 0 aromatic heterocycles. The van der Waals surface area contributed by atoms with Gasteiger partial charge in [0, 0.05) is 19.6 Å². The van der Waals surface area contributed by atoms with Crippen LogP contribution in [0, 0.1) is 0 Å². The van der Waals surface area contributed by atoms with Gasteiger partial charge in [0.1, 0.15) is 13.3 Å². The molecule has 1 fully saturated rings. The molecule has 0 radical (unpaired) electrons. The van der Waals surface area contributed by atoms with Crippen molar-refractivity contribution >= 4 is 18.0 Å². The van der Waals surface area contributed by atoms with Crippen molar-refractivity contribution in [3.8, 4) is 0 Å². The Hall–Kier alpha value is -2.51. The standard InChI is InChI=1S/C21H32N5O2/c1-7-16(4)18(8-2)13-25-11-10-24(14-20(25)27)19-12-23-26(6,15-22-9-3)21(28)17(19)5/h7-8,12,22H,1-2,9-11,13-15H2,3-6H3/q+1/b18-16+. The normalized spacial score (nSPS) is 23.9. The average Bonchev–Trinajstić information content (AvgIpc) is 2.69. The Kier molecular flexibility index (Phi) is 7.10. The lowest BCUT2D eigenvalue weighted by Crippen LogP contribution is -2.55. The molecule has 2 heterocycles. The van der Waals surface area contributed by atoms with Gasteiger partial charge in [-0.15, -0.1) is 4.59 Å². The molecule has 0 spiro atoms. The summed E-state index contributed by atoms with van der Waals surface area (Å²) in [7, 11) is 1.79. The van der Waals surface area contributed by atoms with E-state index in [1.54, 1.807) is 25.4 Å². The Morgan fingerprint density at radius 1 is 1.32 bits per heavy atom. The first-order chi connectivity index (χ1) is 13.3. The summed E-state index contributed by atoms with van der Waals surface area (Å²) in [5.74, 6) is -0.0223. The third-order valence-corrected chi connectivity index (χ3v) is 5.33. The van der Waals surface area contributed by atoms with Gasteiger partial charge in [-0.1, -0.05) is 37.3 Å². The summed E-state index contributed by atoms with van der Waals surface area (Å²) in [4.78, 5) is 29.3. The summed E-state index contributed by atoms with van der Waals surface area (Å²) < 4.78 is -0.0502. The number of nitrogens with one attached hydrogen (secondary N) is 1. The van der Waals surface area contributed by atoms with Crippen LogP contribution in [0.15, 0.2) is 52.8 Å². The van der Waals surface area contributed by atoms with Crippen molar-refractivity contribution in [2.24, 2.45) is 5.10 Å². The molecule has 1 unspecified atom stereocenters. The lowest BCUT2D eigenvalue weighted by molar-refractivity contribution is -0.842. The molecule has 0 bridgehead atoms. The second-order valence-corrected chi connectivity index (χ2v) is 7.31. The van der Waals surface area contributed by atoms with Gasteiger partial charge in [0.25, 0.3) is 0 Å². The first-order valence-electron chi connectivity index (χ1n) is 9.62. The Morgan fingerprint density at radius 3 is 2.61 bits per heavy atom. The largest absolute Gasteiger partial charge is 0.370 e. The molecule has 0 saturated carbocycles. The highest BCUT2D eigenvalue weighted by Gasteiger charge is 2.39. The van der Waals surface area contributed by atoms with Gasteiger partial charge in [0.05, 0.1) is 17.8 Å². The maximum Gasteiger partial charge on any atom is 0.370 e. The van der Waals surface area contributed by atoms with Crippen LogP contribution in [0.3, 0.4) is 0 Å². The van der Waals surface area contributed by atoms with Crippen LogP contribution in [0.25, 0.3) is 0 Å². The molecule has 2 aliphatic heterocycles. The van der Waals surface area contributed by atoms with Crippen LogP contribution in [0.4, 0.5) is 0 Å². The van der Waals surface area contributed by atoms with Gasteiger partial charge in [-0.3, -0.25) is 10.1 Å². The van der Waals surface area contributed by atoms with Gasteiger partial charge >= 0.3 is 5.91 Å².